The van der Waals surface area contributed by atoms with Crippen LogP contribution >= 0.6 is 0 Å². The molecule has 1 aliphatic carbocycles. The highest BCUT2D eigenvalue weighted by Crippen LogP contribution is 2.40. The number of nitrogens with zero attached hydrogens (tertiary/aromatic N) is 2. The van der Waals surface area contributed by atoms with Gasteiger partial charge >= 0.3 is 18.7 Å². The molecule has 1 aromatic heterocycles. The van der Waals surface area contributed by atoms with Crippen molar-refractivity contribution in [2.24, 2.45) is 0 Å². The maximum absolute atomic E-state index is 13.7. The molecule has 1 aliphatic rings. The predicted molar refractivity (Wildman–Crippen MR) is 124 cm³/mol. The summed E-state index contributed by atoms with van der Waals surface area (Å²) in [7, 11) is 0. The summed E-state index contributed by atoms with van der Waals surface area (Å²) in [4.78, 5) is 8.51. The van der Waals surface area contributed by atoms with E-state index in [2.05, 4.69) is 25.3 Å². The van der Waals surface area contributed by atoms with Gasteiger partial charge in [-0.3, -0.25) is 0 Å². The van der Waals surface area contributed by atoms with Gasteiger partial charge in [-0.05, 0) is 43.2 Å². The minimum atomic E-state index is -5.13. The number of alkyl halides is 9. The third-order valence-electron chi connectivity index (χ3n) is 5.94. The van der Waals surface area contributed by atoms with Crippen LogP contribution in [0.3, 0.4) is 0 Å². The standard InChI is InChI=1S/C25H21F9N4O/c26-23(27,28)15-9-10-19(18(12-15)24(29,30)31)36-21-13-20(14-5-4-8-17(11-14)39-25(32,33)34)37-22(38-21)35-16-6-2-1-3-7-16/h4-5,8-13,16H,1-3,6-7H2,(H2,35,36,37,38). The van der Waals surface area contributed by atoms with Crippen molar-refractivity contribution in [2.75, 3.05) is 10.6 Å². The first-order valence-electron chi connectivity index (χ1n) is 11.7. The van der Waals surface area contributed by atoms with E-state index >= 15 is 0 Å². The molecule has 2 N–H and O–H groups in total. The molecule has 4 rings (SSSR count). The van der Waals surface area contributed by atoms with Crippen molar-refractivity contribution in [1.29, 1.82) is 0 Å². The molecule has 0 radical (unpaired) electrons. The molecule has 210 valence electrons. The van der Waals surface area contributed by atoms with Crippen molar-refractivity contribution in [3.63, 3.8) is 0 Å². The number of nitrogens with one attached hydrogen (secondary N) is 2. The van der Waals surface area contributed by atoms with Crippen molar-refractivity contribution in [1.82, 2.24) is 9.97 Å². The number of ether oxygens (including phenoxy) is 1. The van der Waals surface area contributed by atoms with Gasteiger partial charge in [0.1, 0.15) is 11.6 Å². The van der Waals surface area contributed by atoms with Crippen LogP contribution in [0.4, 0.5) is 57.0 Å². The topological polar surface area (TPSA) is 59.1 Å². The smallest absolute Gasteiger partial charge is 0.406 e. The van der Waals surface area contributed by atoms with Crippen LogP contribution in [0, 0.1) is 0 Å². The summed E-state index contributed by atoms with van der Waals surface area (Å²) >= 11 is 0. The van der Waals surface area contributed by atoms with Crippen molar-refractivity contribution < 1.29 is 44.3 Å². The van der Waals surface area contributed by atoms with Gasteiger partial charge in [0.15, 0.2) is 0 Å². The van der Waals surface area contributed by atoms with Gasteiger partial charge in [0.25, 0.3) is 0 Å². The Kier molecular flexibility index (Phi) is 7.84. The molecular weight excluding hydrogens is 543 g/mol. The van der Waals surface area contributed by atoms with Gasteiger partial charge in [-0.25, -0.2) is 4.98 Å². The fourth-order valence-electron chi connectivity index (χ4n) is 4.21. The molecule has 39 heavy (non-hydrogen) atoms. The second-order valence-corrected chi connectivity index (χ2v) is 8.90. The summed E-state index contributed by atoms with van der Waals surface area (Å²) in [6.45, 7) is 0. The normalized spacial score (nSPS) is 15.2. The molecule has 0 unspecified atom stereocenters. The monoisotopic (exact) mass is 564 g/mol. The molecule has 2 aromatic carbocycles. The fourth-order valence-corrected chi connectivity index (χ4v) is 4.21. The first-order chi connectivity index (χ1) is 18.2. The maximum atomic E-state index is 13.7. The lowest BCUT2D eigenvalue weighted by molar-refractivity contribution is -0.274. The van der Waals surface area contributed by atoms with Crippen LogP contribution in [0.1, 0.15) is 43.2 Å². The highest BCUT2D eigenvalue weighted by Gasteiger charge is 2.38. The molecule has 1 fully saturated rings. The van der Waals surface area contributed by atoms with Crippen LogP contribution in [0.25, 0.3) is 11.3 Å². The Labute approximate surface area is 216 Å². The number of benzene rings is 2. The third kappa shape index (κ3) is 7.67. The van der Waals surface area contributed by atoms with Crippen LogP contribution in [0.5, 0.6) is 5.75 Å². The quantitative estimate of drug-likeness (QED) is 0.294. The Morgan fingerprint density at radius 2 is 1.49 bits per heavy atom. The van der Waals surface area contributed by atoms with Crippen molar-refractivity contribution in [3.8, 4) is 17.0 Å². The van der Waals surface area contributed by atoms with Crippen LogP contribution in [-0.2, 0) is 12.4 Å². The largest absolute Gasteiger partial charge is 0.573 e. The molecule has 0 amide bonds. The molecule has 3 aromatic rings. The Morgan fingerprint density at radius 3 is 2.13 bits per heavy atom. The van der Waals surface area contributed by atoms with Crippen LogP contribution in [0.2, 0.25) is 0 Å². The molecule has 1 saturated carbocycles. The number of halogens is 9. The number of hydrogen-bond acceptors (Lipinski definition) is 5. The number of rotatable bonds is 6. The second-order valence-electron chi connectivity index (χ2n) is 8.90. The maximum Gasteiger partial charge on any atom is 0.573 e. The minimum absolute atomic E-state index is 0.00971. The van der Waals surface area contributed by atoms with E-state index in [1.807, 2.05) is 0 Å². The lowest BCUT2D eigenvalue weighted by atomic mass is 9.96. The second kappa shape index (κ2) is 10.8. The average Bonchev–Trinajstić information content (AvgIpc) is 2.82. The van der Waals surface area contributed by atoms with Gasteiger partial charge in [0.2, 0.25) is 5.95 Å². The molecule has 14 heteroatoms. The summed E-state index contributed by atoms with van der Waals surface area (Å²) < 4.78 is 122. The Balaban J connectivity index is 1.75. The van der Waals surface area contributed by atoms with E-state index in [1.165, 1.54) is 18.2 Å². The summed E-state index contributed by atoms with van der Waals surface area (Å²) in [6.07, 6.45) is -10.6. The zero-order valence-electron chi connectivity index (χ0n) is 19.9. The van der Waals surface area contributed by atoms with E-state index in [-0.39, 0.29) is 35.1 Å². The van der Waals surface area contributed by atoms with E-state index < -0.39 is 41.3 Å². The molecule has 0 bridgehead atoms. The van der Waals surface area contributed by atoms with Gasteiger partial charge in [-0.2, -0.15) is 31.3 Å². The number of hydrogen-bond donors (Lipinski definition) is 2. The van der Waals surface area contributed by atoms with Crippen LogP contribution < -0.4 is 15.4 Å². The van der Waals surface area contributed by atoms with E-state index in [0.29, 0.717) is 12.1 Å². The summed E-state index contributed by atoms with van der Waals surface area (Å²) in [6, 6.07) is 7.06. The predicted octanol–water partition coefficient (Wildman–Crippen LogP) is 8.57. The SMILES string of the molecule is FC(F)(F)Oc1cccc(-c2cc(Nc3ccc(C(F)(F)F)cc3C(F)(F)F)nc(NC3CCCCC3)n2)c1. The summed E-state index contributed by atoms with van der Waals surface area (Å²) in [5.74, 6) is -0.771. The highest BCUT2D eigenvalue weighted by molar-refractivity contribution is 5.70. The van der Waals surface area contributed by atoms with Crippen molar-refractivity contribution >= 4 is 17.5 Å². The molecule has 0 aliphatic heterocycles. The van der Waals surface area contributed by atoms with E-state index in [4.69, 9.17) is 0 Å². The van der Waals surface area contributed by atoms with Crippen molar-refractivity contribution in [2.45, 2.75) is 56.9 Å². The highest BCUT2D eigenvalue weighted by atomic mass is 19.4. The summed E-state index contributed by atoms with van der Waals surface area (Å²) in [5.41, 5.74) is -3.57. The van der Waals surface area contributed by atoms with E-state index in [9.17, 15) is 39.5 Å². The lowest BCUT2D eigenvalue weighted by Crippen LogP contribution is -2.23. The average molecular weight is 564 g/mol. The zero-order chi connectivity index (χ0) is 28.4. The Hall–Kier alpha value is -3.71. The van der Waals surface area contributed by atoms with E-state index in [0.717, 1.165) is 44.2 Å². The van der Waals surface area contributed by atoms with Gasteiger partial charge < -0.3 is 15.4 Å². The molecule has 0 saturated heterocycles. The summed E-state index contributed by atoms with van der Waals surface area (Å²) in [5, 5.41) is 5.51. The number of aromatic nitrogens is 2. The molecule has 0 spiro atoms. The Bertz CT molecular complexity index is 1300. The first kappa shape index (κ1) is 28.3. The molecule has 5 nitrogen and oxygen atoms in total. The molecule has 1 heterocycles. The van der Waals surface area contributed by atoms with Crippen LogP contribution in [0.15, 0.2) is 48.5 Å². The third-order valence-corrected chi connectivity index (χ3v) is 5.94. The zero-order valence-corrected chi connectivity index (χ0v) is 19.9. The van der Waals surface area contributed by atoms with Gasteiger partial charge in [0, 0.05) is 17.7 Å². The minimum Gasteiger partial charge on any atom is -0.406 e. The van der Waals surface area contributed by atoms with Crippen molar-refractivity contribution in [3.05, 3.63) is 59.7 Å². The van der Waals surface area contributed by atoms with Gasteiger partial charge in [-0.1, -0.05) is 31.4 Å². The lowest BCUT2D eigenvalue weighted by Gasteiger charge is -2.23. The fraction of sp³-hybridized carbons (Fsp3) is 0.360. The number of anilines is 3. The molecular formula is C25H21F9N4O. The first-order valence-corrected chi connectivity index (χ1v) is 11.7. The van der Waals surface area contributed by atoms with Crippen LogP contribution in [-0.4, -0.2) is 22.4 Å². The Morgan fingerprint density at radius 1 is 0.769 bits per heavy atom. The molecule has 0 atom stereocenters. The van der Waals surface area contributed by atoms with Gasteiger partial charge in [0.05, 0.1) is 22.5 Å². The van der Waals surface area contributed by atoms with E-state index in [1.54, 1.807) is 0 Å². The van der Waals surface area contributed by atoms with Gasteiger partial charge in [-0.15, -0.1) is 13.2 Å².